The summed E-state index contributed by atoms with van der Waals surface area (Å²) >= 11 is 3.36. The molecule has 1 aromatic heterocycles. The van der Waals surface area contributed by atoms with E-state index in [-0.39, 0.29) is 5.56 Å². The molecule has 0 bridgehead atoms. The fourth-order valence-corrected chi connectivity index (χ4v) is 3.17. The Kier molecular flexibility index (Phi) is 4.43. The van der Waals surface area contributed by atoms with Gasteiger partial charge < -0.3 is 5.32 Å². The van der Waals surface area contributed by atoms with Gasteiger partial charge in [-0.25, -0.2) is 4.68 Å². The van der Waals surface area contributed by atoms with E-state index in [1.54, 1.807) is 13.2 Å². The minimum absolute atomic E-state index is 0.0937. The topological polar surface area (TPSA) is 46.9 Å². The Morgan fingerprint density at radius 2 is 2.22 bits per heavy atom. The van der Waals surface area contributed by atoms with E-state index in [4.69, 9.17) is 0 Å². The number of aromatic nitrogens is 2. The SMILES string of the molecule is CCC1CCCCC1Nc1cnn(C)c(=O)c1Br. The van der Waals surface area contributed by atoms with Crippen molar-refractivity contribution in [2.24, 2.45) is 13.0 Å². The van der Waals surface area contributed by atoms with Gasteiger partial charge in [-0.2, -0.15) is 5.10 Å². The molecule has 0 radical (unpaired) electrons. The lowest BCUT2D eigenvalue weighted by molar-refractivity contribution is 0.317. The highest BCUT2D eigenvalue weighted by molar-refractivity contribution is 9.10. The fraction of sp³-hybridized carbons (Fsp3) is 0.692. The van der Waals surface area contributed by atoms with Gasteiger partial charge in [0, 0.05) is 13.1 Å². The van der Waals surface area contributed by atoms with Crippen LogP contribution in [0.2, 0.25) is 0 Å². The molecule has 1 heterocycles. The second kappa shape index (κ2) is 5.87. The lowest BCUT2D eigenvalue weighted by atomic mass is 9.83. The maximum absolute atomic E-state index is 11.8. The van der Waals surface area contributed by atoms with Crippen LogP contribution in [0.15, 0.2) is 15.5 Å². The van der Waals surface area contributed by atoms with Gasteiger partial charge in [0.15, 0.2) is 0 Å². The Labute approximate surface area is 116 Å². The molecule has 0 aliphatic heterocycles. The third kappa shape index (κ3) is 2.76. The van der Waals surface area contributed by atoms with Gasteiger partial charge in [-0.05, 0) is 34.7 Å². The monoisotopic (exact) mass is 313 g/mol. The Bertz CT molecular complexity index is 472. The summed E-state index contributed by atoms with van der Waals surface area (Å²) in [6.07, 6.45) is 7.97. The fourth-order valence-electron chi connectivity index (χ4n) is 2.70. The average molecular weight is 314 g/mol. The van der Waals surface area contributed by atoms with Crippen molar-refractivity contribution >= 4 is 21.6 Å². The normalized spacial score (nSPS) is 23.9. The molecular weight excluding hydrogens is 294 g/mol. The van der Waals surface area contributed by atoms with Gasteiger partial charge in [-0.3, -0.25) is 4.79 Å². The molecule has 1 N–H and O–H groups in total. The summed E-state index contributed by atoms with van der Waals surface area (Å²) in [5, 5.41) is 7.56. The second-order valence-corrected chi connectivity index (χ2v) is 5.80. The molecule has 1 saturated carbocycles. The smallest absolute Gasteiger partial charge is 0.282 e. The van der Waals surface area contributed by atoms with E-state index in [2.05, 4.69) is 33.3 Å². The number of hydrogen-bond acceptors (Lipinski definition) is 3. The maximum atomic E-state index is 11.8. The molecule has 18 heavy (non-hydrogen) atoms. The number of rotatable bonds is 3. The van der Waals surface area contributed by atoms with Crippen molar-refractivity contribution in [2.45, 2.75) is 45.1 Å². The second-order valence-electron chi connectivity index (χ2n) is 5.00. The summed E-state index contributed by atoms with van der Waals surface area (Å²) in [5.74, 6) is 0.703. The van der Waals surface area contributed by atoms with Gasteiger partial charge >= 0.3 is 0 Å². The molecule has 0 amide bonds. The third-order valence-electron chi connectivity index (χ3n) is 3.85. The van der Waals surface area contributed by atoms with Gasteiger partial charge in [0.2, 0.25) is 0 Å². The van der Waals surface area contributed by atoms with Crippen molar-refractivity contribution in [1.82, 2.24) is 9.78 Å². The highest BCUT2D eigenvalue weighted by Crippen LogP contribution is 2.30. The lowest BCUT2D eigenvalue weighted by Gasteiger charge is -2.32. The summed E-state index contributed by atoms with van der Waals surface area (Å²) in [5.41, 5.74) is 0.729. The molecule has 2 rings (SSSR count). The van der Waals surface area contributed by atoms with E-state index in [0.717, 1.165) is 5.69 Å². The summed E-state index contributed by atoms with van der Waals surface area (Å²) in [6, 6.07) is 0.467. The van der Waals surface area contributed by atoms with Crippen LogP contribution in [0, 0.1) is 5.92 Å². The standard InChI is InChI=1S/C13H20BrN3O/c1-3-9-6-4-5-7-10(9)16-11-8-15-17(2)13(18)12(11)14/h8-10,16H,3-7H2,1-2H3. The molecule has 1 aliphatic rings. The predicted molar refractivity (Wildman–Crippen MR) is 76.8 cm³/mol. The van der Waals surface area contributed by atoms with E-state index in [9.17, 15) is 4.79 Å². The minimum Gasteiger partial charge on any atom is -0.380 e. The quantitative estimate of drug-likeness (QED) is 0.933. The van der Waals surface area contributed by atoms with Crippen molar-refractivity contribution < 1.29 is 0 Å². The number of anilines is 1. The van der Waals surface area contributed by atoms with E-state index < -0.39 is 0 Å². The number of hydrogen-bond donors (Lipinski definition) is 1. The number of nitrogens with one attached hydrogen (secondary N) is 1. The van der Waals surface area contributed by atoms with Crippen LogP contribution >= 0.6 is 15.9 Å². The number of halogens is 1. The van der Waals surface area contributed by atoms with Gasteiger partial charge in [0.1, 0.15) is 4.47 Å². The molecule has 100 valence electrons. The Morgan fingerprint density at radius 1 is 1.50 bits per heavy atom. The van der Waals surface area contributed by atoms with Gasteiger partial charge in [-0.1, -0.05) is 26.2 Å². The first-order chi connectivity index (χ1) is 8.63. The molecule has 2 unspecified atom stereocenters. The predicted octanol–water partition coefficient (Wildman–Crippen LogP) is 2.92. The van der Waals surface area contributed by atoms with Gasteiger partial charge in [0.25, 0.3) is 5.56 Å². The molecule has 2 atom stereocenters. The summed E-state index contributed by atoms with van der Waals surface area (Å²) in [4.78, 5) is 11.8. The maximum Gasteiger partial charge on any atom is 0.282 e. The van der Waals surface area contributed by atoms with Crippen LogP contribution in [-0.2, 0) is 7.05 Å². The van der Waals surface area contributed by atoms with Crippen LogP contribution in [0.1, 0.15) is 39.0 Å². The highest BCUT2D eigenvalue weighted by atomic mass is 79.9. The molecule has 0 spiro atoms. The average Bonchev–Trinajstić information content (AvgIpc) is 2.40. The molecule has 0 saturated heterocycles. The van der Waals surface area contributed by atoms with Crippen LogP contribution in [0.4, 0.5) is 5.69 Å². The summed E-state index contributed by atoms with van der Waals surface area (Å²) < 4.78 is 1.92. The van der Waals surface area contributed by atoms with Crippen molar-refractivity contribution in [3.05, 3.63) is 21.0 Å². The van der Waals surface area contributed by atoms with E-state index >= 15 is 0 Å². The first-order valence-electron chi connectivity index (χ1n) is 6.61. The largest absolute Gasteiger partial charge is 0.380 e. The van der Waals surface area contributed by atoms with Crippen molar-refractivity contribution in [2.75, 3.05) is 5.32 Å². The van der Waals surface area contributed by atoms with Crippen molar-refractivity contribution in [3.63, 3.8) is 0 Å². The molecular formula is C13H20BrN3O. The minimum atomic E-state index is -0.0937. The Hall–Kier alpha value is -0.840. The van der Waals surface area contributed by atoms with Gasteiger partial charge in [-0.15, -0.1) is 0 Å². The van der Waals surface area contributed by atoms with Crippen LogP contribution in [0.5, 0.6) is 0 Å². The first kappa shape index (κ1) is 13.6. The summed E-state index contributed by atoms with van der Waals surface area (Å²) in [6.45, 7) is 2.24. The lowest BCUT2D eigenvalue weighted by Crippen LogP contribution is -2.33. The molecule has 1 fully saturated rings. The molecule has 1 aliphatic carbocycles. The van der Waals surface area contributed by atoms with Crippen LogP contribution in [0.25, 0.3) is 0 Å². The Morgan fingerprint density at radius 3 is 2.94 bits per heavy atom. The number of aryl methyl sites for hydroxylation is 1. The third-order valence-corrected chi connectivity index (χ3v) is 4.62. The molecule has 4 nitrogen and oxygen atoms in total. The zero-order chi connectivity index (χ0) is 13.1. The van der Waals surface area contributed by atoms with E-state index in [1.165, 1.54) is 36.8 Å². The van der Waals surface area contributed by atoms with E-state index in [0.29, 0.717) is 16.4 Å². The first-order valence-corrected chi connectivity index (χ1v) is 7.41. The van der Waals surface area contributed by atoms with E-state index in [1.807, 2.05) is 0 Å². The van der Waals surface area contributed by atoms with Gasteiger partial charge in [0.05, 0.1) is 11.9 Å². The molecule has 0 aromatic carbocycles. The molecule has 5 heteroatoms. The Balaban J connectivity index is 2.18. The van der Waals surface area contributed by atoms with Crippen molar-refractivity contribution in [1.29, 1.82) is 0 Å². The van der Waals surface area contributed by atoms with Crippen LogP contribution < -0.4 is 10.9 Å². The van der Waals surface area contributed by atoms with Crippen LogP contribution in [0.3, 0.4) is 0 Å². The molecule has 1 aromatic rings. The van der Waals surface area contributed by atoms with Crippen LogP contribution in [-0.4, -0.2) is 15.8 Å². The summed E-state index contributed by atoms with van der Waals surface area (Å²) in [7, 11) is 1.66. The zero-order valence-electron chi connectivity index (χ0n) is 10.9. The highest BCUT2D eigenvalue weighted by Gasteiger charge is 2.24. The van der Waals surface area contributed by atoms with Crippen molar-refractivity contribution in [3.8, 4) is 0 Å². The zero-order valence-corrected chi connectivity index (χ0v) is 12.5. The number of nitrogens with zero attached hydrogens (tertiary/aromatic N) is 2.